The van der Waals surface area contributed by atoms with Crippen molar-refractivity contribution in [2.75, 3.05) is 0 Å². The van der Waals surface area contributed by atoms with E-state index >= 15 is 0 Å². The van der Waals surface area contributed by atoms with Crippen molar-refractivity contribution in [2.45, 2.75) is 6.42 Å². The molecular weight excluding hydrogens is 280 g/mol. The molecule has 6 nitrogen and oxygen atoms in total. The summed E-state index contributed by atoms with van der Waals surface area (Å²) >= 11 is 0. The third-order valence-electron chi connectivity index (χ3n) is 3.22. The number of nitrogens with zero attached hydrogens (tertiary/aromatic N) is 1. The minimum absolute atomic E-state index is 0.0611. The molecule has 2 aromatic carbocycles. The van der Waals surface area contributed by atoms with Gasteiger partial charge in [-0.2, -0.15) is 5.10 Å². The second kappa shape index (κ2) is 6.09. The first kappa shape index (κ1) is 13.8. The van der Waals surface area contributed by atoms with Gasteiger partial charge in [0.05, 0.1) is 12.6 Å². The molecule has 0 fully saturated rings. The standard InChI is InChI=1S/C16H14N4O2/c21-15(8-13-9-16(22)20-18-13)19-17-10-12-6-3-5-11-4-1-2-7-14(11)12/h1-7,9-10H,8H2,(H,19,21)(H2,18,20,22)/b17-10-. The highest BCUT2D eigenvalue weighted by molar-refractivity contribution is 5.99. The second-order valence-corrected chi connectivity index (χ2v) is 4.82. The molecule has 0 aliphatic carbocycles. The number of aromatic amines is 2. The Morgan fingerprint density at radius 1 is 1.14 bits per heavy atom. The van der Waals surface area contributed by atoms with E-state index in [2.05, 4.69) is 20.7 Å². The van der Waals surface area contributed by atoms with Crippen molar-refractivity contribution in [3.63, 3.8) is 0 Å². The normalized spacial score (nSPS) is 11.1. The molecule has 1 heterocycles. The average Bonchev–Trinajstić information content (AvgIpc) is 2.92. The van der Waals surface area contributed by atoms with Gasteiger partial charge in [0.25, 0.3) is 5.56 Å². The molecule has 0 unspecified atom stereocenters. The molecule has 0 aliphatic rings. The van der Waals surface area contributed by atoms with E-state index in [4.69, 9.17) is 0 Å². The van der Waals surface area contributed by atoms with Gasteiger partial charge >= 0.3 is 0 Å². The number of H-pyrrole nitrogens is 2. The molecule has 0 saturated heterocycles. The third kappa shape index (κ3) is 3.12. The van der Waals surface area contributed by atoms with Crippen molar-refractivity contribution in [1.82, 2.24) is 15.6 Å². The fourth-order valence-corrected chi connectivity index (χ4v) is 2.22. The van der Waals surface area contributed by atoms with Crippen LogP contribution in [-0.4, -0.2) is 22.3 Å². The summed E-state index contributed by atoms with van der Waals surface area (Å²) in [5.41, 5.74) is 3.63. The lowest BCUT2D eigenvalue weighted by atomic mass is 10.1. The van der Waals surface area contributed by atoms with Gasteiger partial charge in [-0.1, -0.05) is 42.5 Å². The van der Waals surface area contributed by atoms with Crippen LogP contribution < -0.4 is 11.0 Å². The molecule has 3 N–H and O–H groups in total. The Kier molecular flexibility index (Phi) is 3.82. The van der Waals surface area contributed by atoms with Gasteiger partial charge in [-0.05, 0) is 10.8 Å². The number of carbonyl (C=O) groups is 1. The molecule has 0 saturated carbocycles. The third-order valence-corrected chi connectivity index (χ3v) is 3.22. The van der Waals surface area contributed by atoms with Crippen LogP contribution in [0.25, 0.3) is 10.8 Å². The number of nitrogens with one attached hydrogen (secondary N) is 3. The Morgan fingerprint density at radius 2 is 1.95 bits per heavy atom. The van der Waals surface area contributed by atoms with Crippen LogP contribution in [0.1, 0.15) is 11.3 Å². The lowest BCUT2D eigenvalue weighted by Crippen LogP contribution is -2.20. The number of fused-ring (bicyclic) bond motifs is 1. The highest BCUT2D eigenvalue weighted by atomic mass is 16.2. The van der Waals surface area contributed by atoms with E-state index < -0.39 is 0 Å². The van der Waals surface area contributed by atoms with Gasteiger partial charge in [0, 0.05) is 17.3 Å². The van der Waals surface area contributed by atoms with E-state index in [1.165, 1.54) is 6.07 Å². The Morgan fingerprint density at radius 3 is 2.77 bits per heavy atom. The van der Waals surface area contributed by atoms with E-state index in [0.717, 1.165) is 16.3 Å². The van der Waals surface area contributed by atoms with E-state index in [-0.39, 0.29) is 17.9 Å². The van der Waals surface area contributed by atoms with Crippen molar-refractivity contribution in [3.05, 3.63) is 70.1 Å². The number of aromatic nitrogens is 2. The first-order valence-corrected chi connectivity index (χ1v) is 6.78. The van der Waals surface area contributed by atoms with Gasteiger partial charge in [-0.15, -0.1) is 0 Å². The Hall–Kier alpha value is -3.15. The smallest absolute Gasteiger partial charge is 0.264 e. The summed E-state index contributed by atoms with van der Waals surface area (Å²) in [4.78, 5) is 22.7. The molecule has 0 spiro atoms. The average molecular weight is 294 g/mol. The lowest BCUT2D eigenvalue weighted by Gasteiger charge is -2.01. The number of hydrazone groups is 1. The maximum atomic E-state index is 11.7. The predicted octanol–water partition coefficient (Wildman–Crippen LogP) is 1.55. The number of hydrogen-bond acceptors (Lipinski definition) is 3. The number of amides is 1. The molecule has 0 bridgehead atoms. The predicted molar refractivity (Wildman–Crippen MR) is 84.8 cm³/mol. The summed E-state index contributed by atoms with van der Waals surface area (Å²) < 4.78 is 0. The van der Waals surface area contributed by atoms with Crippen molar-refractivity contribution in [2.24, 2.45) is 5.10 Å². The number of carbonyl (C=O) groups excluding carboxylic acids is 1. The van der Waals surface area contributed by atoms with Crippen molar-refractivity contribution >= 4 is 22.9 Å². The highest BCUT2D eigenvalue weighted by Crippen LogP contribution is 2.16. The molecule has 0 atom stereocenters. The maximum Gasteiger partial charge on any atom is 0.264 e. The van der Waals surface area contributed by atoms with Crippen LogP contribution in [-0.2, 0) is 11.2 Å². The quantitative estimate of drug-likeness (QED) is 0.503. The molecule has 0 radical (unpaired) electrons. The molecule has 1 amide bonds. The Balaban J connectivity index is 1.68. The van der Waals surface area contributed by atoms with Gasteiger partial charge in [0.1, 0.15) is 0 Å². The lowest BCUT2D eigenvalue weighted by molar-refractivity contribution is -0.120. The van der Waals surface area contributed by atoms with E-state index in [1.54, 1.807) is 6.21 Å². The zero-order chi connectivity index (χ0) is 15.4. The number of hydrogen-bond donors (Lipinski definition) is 3. The fourth-order valence-electron chi connectivity index (χ4n) is 2.22. The summed E-state index contributed by atoms with van der Waals surface area (Å²) in [5.74, 6) is -0.299. The maximum absolute atomic E-state index is 11.7. The van der Waals surface area contributed by atoms with Crippen LogP contribution in [0.4, 0.5) is 0 Å². The van der Waals surface area contributed by atoms with E-state index in [9.17, 15) is 9.59 Å². The summed E-state index contributed by atoms with van der Waals surface area (Å²) in [6.07, 6.45) is 1.67. The molecule has 110 valence electrons. The molecule has 3 aromatic rings. The molecule has 0 aliphatic heterocycles. The summed E-state index contributed by atoms with van der Waals surface area (Å²) in [7, 11) is 0. The van der Waals surface area contributed by atoms with Gasteiger partial charge in [0.2, 0.25) is 5.91 Å². The van der Waals surface area contributed by atoms with Gasteiger partial charge in [-0.3, -0.25) is 14.7 Å². The summed E-state index contributed by atoms with van der Waals surface area (Å²) in [6, 6.07) is 15.2. The summed E-state index contributed by atoms with van der Waals surface area (Å²) in [6.45, 7) is 0. The van der Waals surface area contributed by atoms with Crippen LogP contribution >= 0.6 is 0 Å². The Bertz CT molecular complexity index is 887. The van der Waals surface area contributed by atoms with Gasteiger partial charge in [0.15, 0.2) is 0 Å². The first-order valence-electron chi connectivity index (χ1n) is 6.78. The van der Waals surface area contributed by atoms with Crippen molar-refractivity contribution in [3.8, 4) is 0 Å². The van der Waals surface area contributed by atoms with Crippen LogP contribution in [0, 0.1) is 0 Å². The van der Waals surface area contributed by atoms with Crippen molar-refractivity contribution < 1.29 is 4.79 Å². The molecular formula is C16H14N4O2. The number of rotatable bonds is 4. The zero-order valence-corrected chi connectivity index (χ0v) is 11.7. The first-order chi connectivity index (χ1) is 10.7. The molecule has 22 heavy (non-hydrogen) atoms. The Labute approximate surface area is 125 Å². The topological polar surface area (TPSA) is 90.1 Å². The minimum atomic E-state index is -0.299. The van der Waals surface area contributed by atoms with Gasteiger partial charge < -0.3 is 5.10 Å². The fraction of sp³-hybridized carbons (Fsp3) is 0.0625. The zero-order valence-electron chi connectivity index (χ0n) is 11.7. The monoisotopic (exact) mass is 294 g/mol. The van der Waals surface area contributed by atoms with Crippen LogP contribution in [0.5, 0.6) is 0 Å². The van der Waals surface area contributed by atoms with E-state index in [0.29, 0.717) is 5.69 Å². The van der Waals surface area contributed by atoms with Crippen LogP contribution in [0.15, 0.2) is 58.4 Å². The molecule has 3 rings (SSSR count). The van der Waals surface area contributed by atoms with Crippen LogP contribution in [0.3, 0.4) is 0 Å². The minimum Gasteiger partial charge on any atom is -0.302 e. The number of benzene rings is 2. The molecule has 1 aromatic heterocycles. The van der Waals surface area contributed by atoms with Crippen molar-refractivity contribution in [1.29, 1.82) is 0 Å². The molecule has 6 heteroatoms. The summed E-state index contributed by atoms with van der Waals surface area (Å²) in [5, 5.41) is 11.1. The largest absolute Gasteiger partial charge is 0.302 e. The van der Waals surface area contributed by atoms with Gasteiger partial charge in [-0.25, -0.2) is 5.43 Å². The SMILES string of the molecule is O=C(Cc1cc(=O)[nH][nH]1)N/N=C\c1cccc2ccccc12. The highest BCUT2D eigenvalue weighted by Gasteiger charge is 2.04. The van der Waals surface area contributed by atoms with Crippen LogP contribution in [0.2, 0.25) is 0 Å². The second-order valence-electron chi connectivity index (χ2n) is 4.82. The van der Waals surface area contributed by atoms with E-state index in [1.807, 2.05) is 42.5 Å².